The van der Waals surface area contributed by atoms with Crippen molar-refractivity contribution >= 4 is 11.9 Å². The summed E-state index contributed by atoms with van der Waals surface area (Å²) in [4.78, 5) is 35.1. The maximum absolute atomic E-state index is 15.1. The zero-order chi connectivity index (χ0) is 36.8. The maximum atomic E-state index is 15.1. The van der Waals surface area contributed by atoms with Gasteiger partial charge in [0.1, 0.15) is 11.2 Å². The highest BCUT2D eigenvalue weighted by atomic mass is 16.6. The maximum Gasteiger partial charge on any atom is 0.339 e. The molecule has 290 valence electrons. The van der Waals surface area contributed by atoms with Gasteiger partial charge in [0.25, 0.3) is 0 Å². The first-order valence-corrected chi connectivity index (χ1v) is 22.2. The van der Waals surface area contributed by atoms with E-state index in [1.807, 2.05) is 0 Å². The Morgan fingerprint density at radius 1 is 0.963 bits per heavy atom. The lowest BCUT2D eigenvalue weighted by Crippen LogP contribution is -2.75. The van der Waals surface area contributed by atoms with E-state index >= 15 is 4.79 Å². The van der Waals surface area contributed by atoms with E-state index in [2.05, 4.69) is 60.1 Å². The number of nitrogens with two attached hydrogens (primary N) is 1. The molecule has 2 saturated carbocycles. The lowest BCUT2D eigenvalue weighted by molar-refractivity contribution is -0.271. The van der Waals surface area contributed by atoms with Crippen molar-refractivity contribution in [2.45, 2.75) is 128 Å². The highest BCUT2D eigenvalue weighted by Crippen LogP contribution is 2.84. The summed E-state index contributed by atoms with van der Waals surface area (Å²) in [6.45, 7) is 9.84. The molecule has 12 aliphatic rings. The van der Waals surface area contributed by atoms with Crippen molar-refractivity contribution in [3.05, 3.63) is 70.1 Å². The van der Waals surface area contributed by atoms with Gasteiger partial charge >= 0.3 is 11.9 Å². The smallest absolute Gasteiger partial charge is 0.339 e. The van der Waals surface area contributed by atoms with Crippen molar-refractivity contribution in [2.75, 3.05) is 32.7 Å². The summed E-state index contributed by atoms with van der Waals surface area (Å²) in [5.41, 5.74) is 9.16. The highest BCUT2D eigenvalue weighted by molar-refractivity contribution is 5.99. The first-order chi connectivity index (χ1) is 26.3. The number of esters is 2. The van der Waals surface area contributed by atoms with Gasteiger partial charge in [-0.05, 0) is 112 Å². The van der Waals surface area contributed by atoms with Crippen LogP contribution in [-0.2, 0) is 26.3 Å². The van der Waals surface area contributed by atoms with Gasteiger partial charge in [-0.25, -0.2) is 4.79 Å². The van der Waals surface area contributed by atoms with Gasteiger partial charge in [-0.2, -0.15) is 0 Å². The normalized spacial score (nSPS) is 41.6. The molecule has 4 aliphatic carbocycles. The lowest BCUT2D eigenvalue weighted by atomic mass is 9.31. The standard InChI is InChI=1S/C47H63N3O4/c1-3-8-40-45-25-35-20-21-46(45,47(40)38-13-6-11-34(12-7-22-48)42(38)43(51)54-47)41(53-44(45)52)19-17-36(16-15-31-9-4-5-10-31)49-26-32-24-33(27-49)29-50(28-32)39-18-14-30(2)23-37(35)39/h6,11,13,18-19,25,30-33,36-37,40H,3-5,7-10,12,14-17,20-24,26-29,48H2,1-2H3/b41-19-/t30-,32-,33+,36+,37-,40-,45-,46+,47+/m0/s1. The molecule has 54 heavy (non-hydrogen) atoms. The molecule has 2 spiro atoms. The molecule has 13 rings (SSSR count). The number of fused-ring (bicyclic) bond motifs is 2. The summed E-state index contributed by atoms with van der Waals surface area (Å²) >= 11 is 0. The van der Waals surface area contributed by atoms with Crippen LogP contribution in [0.15, 0.2) is 53.5 Å². The number of nitrogens with zero attached hydrogens (tertiary/aromatic N) is 2. The van der Waals surface area contributed by atoms with Crippen LogP contribution in [-0.4, -0.2) is 60.5 Å². The van der Waals surface area contributed by atoms with E-state index in [0.717, 1.165) is 112 Å². The van der Waals surface area contributed by atoms with E-state index in [1.54, 1.807) is 0 Å². The number of ether oxygens (including phenoxy) is 2. The summed E-state index contributed by atoms with van der Waals surface area (Å²) in [6, 6.07) is 6.77. The van der Waals surface area contributed by atoms with Crippen LogP contribution in [0.1, 0.15) is 132 Å². The largest absolute Gasteiger partial charge is 0.449 e. The molecule has 8 heterocycles. The van der Waals surface area contributed by atoms with Gasteiger partial charge in [-0.1, -0.05) is 81.9 Å². The molecule has 10 atom stereocenters. The van der Waals surface area contributed by atoms with Crippen molar-refractivity contribution in [3.63, 3.8) is 0 Å². The minimum atomic E-state index is -0.929. The molecule has 8 bridgehead atoms. The van der Waals surface area contributed by atoms with Crippen molar-refractivity contribution in [2.24, 2.45) is 52.1 Å². The minimum absolute atomic E-state index is 0.107. The fourth-order valence-corrected chi connectivity index (χ4v) is 14.3. The average molecular weight is 734 g/mol. The van der Waals surface area contributed by atoms with Crippen LogP contribution in [0, 0.1) is 46.3 Å². The Morgan fingerprint density at radius 2 is 1.78 bits per heavy atom. The van der Waals surface area contributed by atoms with E-state index in [0.29, 0.717) is 36.3 Å². The molecule has 7 nitrogen and oxygen atoms in total. The average Bonchev–Trinajstić information content (AvgIpc) is 3.86. The Kier molecular flexibility index (Phi) is 8.78. The Morgan fingerprint density at radius 3 is 2.56 bits per heavy atom. The molecule has 1 aromatic carbocycles. The third-order valence-corrected chi connectivity index (χ3v) is 16.4. The molecule has 5 fully saturated rings. The Balaban J connectivity index is 1.16. The number of rotatable bonds is 8. The van der Waals surface area contributed by atoms with E-state index in [4.69, 9.17) is 15.2 Å². The van der Waals surface area contributed by atoms with E-state index in [-0.39, 0.29) is 17.9 Å². The van der Waals surface area contributed by atoms with E-state index in [1.165, 1.54) is 56.2 Å². The van der Waals surface area contributed by atoms with Gasteiger partial charge < -0.3 is 20.1 Å². The van der Waals surface area contributed by atoms with Crippen molar-refractivity contribution < 1.29 is 19.1 Å². The monoisotopic (exact) mass is 733 g/mol. The van der Waals surface area contributed by atoms with Crippen LogP contribution in [0.25, 0.3) is 0 Å². The summed E-state index contributed by atoms with van der Waals surface area (Å²) in [5.74, 6) is 3.44. The van der Waals surface area contributed by atoms with E-state index in [9.17, 15) is 4.79 Å². The molecule has 8 aliphatic heterocycles. The Hall–Kier alpha value is -2.90. The van der Waals surface area contributed by atoms with Gasteiger partial charge in [0, 0.05) is 55.3 Å². The molecule has 0 aromatic heterocycles. The third-order valence-electron chi connectivity index (χ3n) is 16.4. The molecule has 1 unspecified atom stereocenters. The Bertz CT molecular complexity index is 1780. The predicted molar refractivity (Wildman–Crippen MR) is 210 cm³/mol. The van der Waals surface area contributed by atoms with Crippen LogP contribution in [0.2, 0.25) is 0 Å². The van der Waals surface area contributed by atoms with Gasteiger partial charge in [0.15, 0.2) is 5.60 Å². The number of piperidine rings is 2. The number of aryl methyl sites for hydroxylation is 1. The molecular weight excluding hydrogens is 671 g/mol. The van der Waals surface area contributed by atoms with Crippen LogP contribution in [0.3, 0.4) is 0 Å². The fraction of sp³-hybridized carbons (Fsp3) is 0.702. The van der Waals surface area contributed by atoms with Crippen molar-refractivity contribution in [1.29, 1.82) is 0 Å². The third kappa shape index (κ3) is 4.91. The quantitative estimate of drug-likeness (QED) is 0.212. The fourth-order valence-electron chi connectivity index (χ4n) is 14.3. The predicted octanol–water partition coefficient (Wildman–Crippen LogP) is 8.43. The number of carbonyl (C=O) groups is 2. The van der Waals surface area contributed by atoms with Crippen molar-refractivity contribution in [1.82, 2.24) is 9.80 Å². The lowest BCUT2D eigenvalue weighted by Gasteiger charge is -2.69. The number of carbonyl (C=O) groups excluding carboxylic acids is 2. The van der Waals surface area contributed by atoms with Crippen LogP contribution in [0.4, 0.5) is 0 Å². The van der Waals surface area contributed by atoms with E-state index < -0.39 is 16.4 Å². The van der Waals surface area contributed by atoms with Crippen molar-refractivity contribution in [3.8, 4) is 0 Å². The van der Waals surface area contributed by atoms with Gasteiger partial charge in [-0.15, -0.1) is 0 Å². The number of allylic oxidation sites excluding steroid dienone is 2. The van der Waals surface area contributed by atoms with Gasteiger partial charge in [0.2, 0.25) is 0 Å². The molecule has 2 N–H and O–H groups in total. The van der Waals surface area contributed by atoms with Gasteiger partial charge in [-0.3, -0.25) is 9.69 Å². The van der Waals surface area contributed by atoms with Crippen LogP contribution < -0.4 is 5.73 Å². The SMILES string of the molecule is CCC[C@@H]1[C@@]2(OC(=O)c3c(CCCN)cccc32)[C@@]23CCC4=C[C@@]12C(=O)O/C3=C\C[C@@H](CCC1CCCC1)N1C[C@@H]2C[C@@H](CN(C2)C2=CC[C@H](C)C[C@@H]42)C1. The second-order valence-corrected chi connectivity index (χ2v) is 19.4. The molecule has 3 saturated heterocycles. The second-order valence-electron chi connectivity index (χ2n) is 19.4. The molecule has 0 amide bonds. The molecule has 1 aromatic rings. The summed E-state index contributed by atoms with van der Waals surface area (Å²) < 4.78 is 13.8. The van der Waals surface area contributed by atoms with Crippen LogP contribution in [0.5, 0.6) is 0 Å². The first kappa shape index (κ1) is 35.5. The molecule has 7 heteroatoms. The summed E-state index contributed by atoms with van der Waals surface area (Å²) in [6.07, 6.45) is 24.8. The summed E-state index contributed by atoms with van der Waals surface area (Å²) in [5, 5.41) is 0. The van der Waals surface area contributed by atoms with Gasteiger partial charge in [0.05, 0.1) is 11.0 Å². The number of benzene rings is 1. The highest BCUT2D eigenvalue weighted by Gasteiger charge is 2.91. The second kappa shape index (κ2) is 13.4. The first-order valence-electron chi connectivity index (χ1n) is 22.2. The Labute approximate surface area is 323 Å². The zero-order valence-electron chi connectivity index (χ0n) is 33.0. The number of hydrogen-bond acceptors (Lipinski definition) is 7. The topological polar surface area (TPSA) is 85.1 Å². The molecule has 0 radical (unpaired) electrons. The summed E-state index contributed by atoms with van der Waals surface area (Å²) in [7, 11) is 0. The number of hydrogen-bond donors (Lipinski definition) is 1. The molecular formula is C47H63N3O4. The van der Waals surface area contributed by atoms with Crippen LogP contribution >= 0.6 is 0 Å². The zero-order valence-corrected chi connectivity index (χ0v) is 33.0. The minimum Gasteiger partial charge on any atom is -0.449 e.